The predicted octanol–water partition coefficient (Wildman–Crippen LogP) is 4.51. The number of carbonyl (C=O) groups is 2. The number of furan rings is 1. The second kappa shape index (κ2) is 9.77. The van der Waals surface area contributed by atoms with Gasteiger partial charge < -0.3 is 14.2 Å². The smallest absolute Gasteiger partial charge is 0.246 e. The maximum absolute atomic E-state index is 12.7. The number of hydrogen-bond acceptors (Lipinski definition) is 3. The van der Waals surface area contributed by atoms with Gasteiger partial charge in [-0.3, -0.25) is 9.59 Å². The summed E-state index contributed by atoms with van der Waals surface area (Å²) in [6.45, 7) is 6.26. The molecule has 0 atom stereocenters. The predicted molar refractivity (Wildman–Crippen MR) is 116 cm³/mol. The molecule has 156 valence electrons. The Morgan fingerprint density at radius 1 is 1.21 bits per heavy atom. The van der Waals surface area contributed by atoms with Gasteiger partial charge in [-0.05, 0) is 31.4 Å². The molecule has 1 fully saturated rings. The standard InChI is InChI=1S/C24H32N2O3/c1-4-6-15-25(3)24(28)18-13-16-26(17-14-18)23(27)12-11-20-19-9-7-8-10-22(19)29-21(20)5-2/h7-12,18H,4-6,13-17H2,1-3H3/b12-11+. The first-order valence-electron chi connectivity index (χ1n) is 10.8. The molecule has 0 spiro atoms. The first-order chi connectivity index (χ1) is 14.0. The molecule has 1 aliphatic heterocycles. The van der Waals surface area contributed by atoms with E-state index in [1.807, 2.05) is 47.2 Å². The number of aryl methyl sites for hydroxylation is 1. The van der Waals surface area contributed by atoms with E-state index in [2.05, 4.69) is 13.8 Å². The third-order valence-electron chi connectivity index (χ3n) is 5.80. The molecule has 2 heterocycles. The Hall–Kier alpha value is -2.56. The molecule has 0 saturated carbocycles. The first-order valence-corrected chi connectivity index (χ1v) is 10.8. The molecule has 5 nitrogen and oxygen atoms in total. The van der Waals surface area contributed by atoms with Gasteiger partial charge in [-0.25, -0.2) is 0 Å². The van der Waals surface area contributed by atoms with Gasteiger partial charge in [-0.15, -0.1) is 0 Å². The summed E-state index contributed by atoms with van der Waals surface area (Å²) in [4.78, 5) is 28.9. The van der Waals surface area contributed by atoms with Crippen molar-refractivity contribution in [3.05, 3.63) is 41.7 Å². The van der Waals surface area contributed by atoms with E-state index in [1.165, 1.54) is 0 Å². The van der Waals surface area contributed by atoms with Gasteiger partial charge in [0.1, 0.15) is 11.3 Å². The van der Waals surface area contributed by atoms with Crippen LogP contribution < -0.4 is 0 Å². The molecule has 1 aliphatic rings. The average Bonchev–Trinajstić information content (AvgIpc) is 3.13. The van der Waals surface area contributed by atoms with Crippen molar-refractivity contribution in [3.8, 4) is 0 Å². The van der Waals surface area contributed by atoms with Gasteiger partial charge in [-0.1, -0.05) is 38.5 Å². The number of amides is 2. The van der Waals surface area contributed by atoms with Crippen molar-refractivity contribution >= 4 is 28.9 Å². The van der Waals surface area contributed by atoms with Gasteiger partial charge in [0.25, 0.3) is 0 Å². The molecule has 0 aliphatic carbocycles. The fourth-order valence-corrected chi connectivity index (χ4v) is 3.99. The summed E-state index contributed by atoms with van der Waals surface area (Å²) in [7, 11) is 1.89. The minimum Gasteiger partial charge on any atom is -0.460 e. The van der Waals surface area contributed by atoms with Gasteiger partial charge in [0.05, 0.1) is 0 Å². The van der Waals surface area contributed by atoms with Crippen LogP contribution in [-0.2, 0) is 16.0 Å². The van der Waals surface area contributed by atoms with Crippen LogP contribution in [0.1, 0.15) is 50.9 Å². The second-order valence-corrected chi connectivity index (χ2v) is 7.83. The lowest BCUT2D eigenvalue weighted by Crippen LogP contribution is -2.43. The zero-order valence-electron chi connectivity index (χ0n) is 17.8. The normalized spacial score (nSPS) is 15.3. The van der Waals surface area contributed by atoms with E-state index in [0.717, 1.165) is 60.9 Å². The molecule has 0 unspecified atom stereocenters. The van der Waals surface area contributed by atoms with Crippen LogP contribution in [0, 0.1) is 5.92 Å². The van der Waals surface area contributed by atoms with Crippen LogP contribution in [0.2, 0.25) is 0 Å². The highest BCUT2D eigenvalue weighted by Crippen LogP contribution is 2.27. The van der Waals surface area contributed by atoms with Crippen LogP contribution in [0.15, 0.2) is 34.8 Å². The third kappa shape index (κ3) is 4.89. The number of piperidine rings is 1. The minimum atomic E-state index is 0.00238. The quantitative estimate of drug-likeness (QED) is 0.647. The lowest BCUT2D eigenvalue weighted by Gasteiger charge is -2.32. The van der Waals surface area contributed by atoms with Crippen LogP contribution in [0.4, 0.5) is 0 Å². The van der Waals surface area contributed by atoms with Crippen molar-refractivity contribution in [2.24, 2.45) is 5.92 Å². The lowest BCUT2D eigenvalue weighted by atomic mass is 9.95. The van der Waals surface area contributed by atoms with E-state index in [4.69, 9.17) is 4.42 Å². The van der Waals surface area contributed by atoms with Crippen molar-refractivity contribution in [2.45, 2.75) is 46.0 Å². The number of hydrogen-bond donors (Lipinski definition) is 0. The molecule has 0 bridgehead atoms. The van der Waals surface area contributed by atoms with Crippen molar-refractivity contribution in [1.29, 1.82) is 0 Å². The van der Waals surface area contributed by atoms with Crippen LogP contribution in [0.3, 0.4) is 0 Å². The lowest BCUT2D eigenvalue weighted by molar-refractivity contribution is -0.138. The summed E-state index contributed by atoms with van der Waals surface area (Å²) in [6.07, 6.45) is 7.90. The highest BCUT2D eigenvalue weighted by atomic mass is 16.3. The van der Waals surface area contributed by atoms with Crippen LogP contribution >= 0.6 is 0 Å². The zero-order valence-corrected chi connectivity index (χ0v) is 17.8. The molecule has 1 aromatic heterocycles. The van der Waals surface area contributed by atoms with E-state index < -0.39 is 0 Å². The average molecular weight is 397 g/mol. The highest BCUT2D eigenvalue weighted by molar-refractivity contribution is 5.96. The summed E-state index contributed by atoms with van der Waals surface area (Å²) in [6, 6.07) is 7.91. The topological polar surface area (TPSA) is 53.8 Å². The van der Waals surface area contributed by atoms with Gasteiger partial charge in [0.2, 0.25) is 11.8 Å². The Morgan fingerprint density at radius 2 is 1.93 bits per heavy atom. The van der Waals surface area contributed by atoms with E-state index in [0.29, 0.717) is 13.1 Å². The molecule has 2 aromatic rings. The van der Waals surface area contributed by atoms with Crippen molar-refractivity contribution in [2.75, 3.05) is 26.7 Å². The maximum Gasteiger partial charge on any atom is 0.246 e. The maximum atomic E-state index is 12.7. The number of benzene rings is 1. The van der Waals surface area contributed by atoms with E-state index in [-0.39, 0.29) is 17.7 Å². The molecule has 2 amide bonds. The number of likely N-dealkylation sites (tertiary alicyclic amines) is 1. The zero-order chi connectivity index (χ0) is 20.8. The number of rotatable bonds is 7. The van der Waals surface area contributed by atoms with E-state index in [9.17, 15) is 9.59 Å². The molecule has 0 N–H and O–H groups in total. The van der Waals surface area contributed by atoms with E-state index >= 15 is 0 Å². The Balaban J connectivity index is 1.60. The Labute approximate surface area is 173 Å². The number of nitrogens with zero attached hydrogens (tertiary/aromatic N) is 2. The summed E-state index contributed by atoms with van der Waals surface area (Å²) in [5, 5.41) is 1.04. The second-order valence-electron chi connectivity index (χ2n) is 7.83. The summed E-state index contributed by atoms with van der Waals surface area (Å²) in [5.41, 5.74) is 1.84. The molecule has 1 aromatic carbocycles. The number of fused-ring (bicyclic) bond motifs is 1. The highest BCUT2D eigenvalue weighted by Gasteiger charge is 2.28. The monoisotopic (exact) mass is 396 g/mol. The van der Waals surface area contributed by atoms with Crippen molar-refractivity contribution in [1.82, 2.24) is 9.80 Å². The van der Waals surface area contributed by atoms with Crippen LogP contribution in [0.5, 0.6) is 0 Å². The summed E-state index contributed by atoms with van der Waals surface area (Å²) >= 11 is 0. The fourth-order valence-electron chi connectivity index (χ4n) is 3.99. The molecule has 0 radical (unpaired) electrons. The van der Waals surface area contributed by atoms with Crippen LogP contribution in [0.25, 0.3) is 17.0 Å². The first kappa shape index (κ1) is 21.2. The van der Waals surface area contributed by atoms with Gasteiger partial charge in [0.15, 0.2) is 0 Å². The molecule has 5 heteroatoms. The SMILES string of the molecule is CCCCN(C)C(=O)C1CCN(C(=O)/C=C/c2c(CC)oc3ccccc23)CC1. The number of unbranched alkanes of at least 4 members (excludes halogenated alkanes) is 1. The van der Waals surface area contributed by atoms with Crippen molar-refractivity contribution in [3.63, 3.8) is 0 Å². The summed E-state index contributed by atoms with van der Waals surface area (Å²) < 4.78 is 5.90. The van der Waals surface area contributed by atoms with E-state index in [1.54, 1.807) is 6.08 Å². The largest absolute Gasteiger partial charge is 0.460 e. The third-order valence-corrected chi connectivity index (χ3v) is 5.80. The van der Waals surface area contributed by atoms with Gasteiger partial charge in [-0.2, -0.15) is 0 Å². The number of carbonyl (C=O) groups excluding carboxylic acids is 2. The Morgan fingerprint density at radius 3 is 2.62 bits per heavy atom. The molecular weight excluding hydrogens is 364 g/mol. The Kier molecular flexibility index (Phi) is 7.13. The molecule has 29 heavy (non-hydrogen) atoms. The van der Waals surface area contributed by atoms with Gasteiger partial charge >= 0.3 is 0 Å². The summed E-state index contributed by atoms with van der Waals surface area (Å²) in [5.74, 6) is 1.16. The minimum absolute atomic E-state index is 0.00238. The molecule has 3 rings (SSSR count). The van der Waals surface area contributed by atoms with Crippen molar-refractivity contribution < 1.29 is 14.0 Å². The Bertz CT molecular complexity index is 875. The molecular formula is C24H32N2O3. The molecule has 1 saturated heterocycles. The van der Waals surface area contributed by atoms with Crippen LogP contribution in [-0.4, -0.2) is 48.3 Å². The number of para-hydroxylation sites is 1. The van der Waals surface area contributed by atoms with Gasteiger partial charge in [0, 0.05) is 56.0 Å². The fraction of sp³-hybridized carbons (Fsp3) is 0.500.